The zero-order valence-corrected chi connectivity index (χ0v) is 13.4. The molecule has 2 amide bonds. The Morgan fingerprint density at radius 2 is 1.95 bits per heavy atom. The van der Waals surface area contributed by atoms with Crippen LogP contribution in [0, 0.1) is 5.41 Å². The van der Waals surface area contributed by atoms with Gasteiger partial charge in [0.2, 0.25) is 0 Å². The number of rotatable bonds is 6. The predicted molar refractivity (Wildman–Crippen MR) is 82.1 cm³/mol. The molecule has 20 heavy (non-hydrogen) atoms. The Bertz CT molecular complexity index is 337. The van der Waals surface area contributed by atoms with Crippen molar-refractivity contribution in [2.75, 3.05) is 12.0 Å². The number of urea groups is 1. The fourth-order valence-electron chi connectivity index (χ4n) is 2.42. The van der Waals surface area contributed by atoms with E-state index in [4.69, 9.17) is 5.11 Å². The van der Waals surface area contributed by atoms with Crippen molar-refractivity contribution in [2.24, 2.45) is 5.41 Å². The quantitative estimate of drug-likeness (QED) is 0.704. The molecule has 116 valence electrons. The molecule has 3 N–H and O–H groups in total. The van der Waals surface area contributed by atoms with Gasteiger partial charge in [-0.15, -0.1) is 0 Å². The summed E-state index contributed by atoms with van der Waals surface area (Å²) in [6.07, 6.45) is 6.47. The number of thioether (sulfide) groups is 1. The first-order valence-electron chi connectivity index (χ1n) is 7.13. The first-order valence-corrected chi connectivity index (χ1v) is 8.52. The summed E-state index contributed by atoms with van der Waals surface area (Å²) >= 11 is 1.57. The molecule has 1 aliphatic carbocycles. The molecule has 5 nitrogen and oxygen atoms in total. The number of nitrogens with one attached hydrogen (secondary N) is 2. The molecule has 0 aliphatic heterocycles. The van der Waals surface area contributed by atoms with Crippen LogP contribution in [-0.2, 0) is 4.79 Å². The van der Waals surface area contributed by atoms with E-state index in [2.05, 4.69) is 24.5 Å². The van der Waals surface area contributed by atoms with Crippen molar-refractivity contribution >= 4 is 23.8 Å². The molecule has 0 bridgehead atoms. The molecule has 1 fully saturated rings. The summed E-state index contributed by atoms with van der Waals surface area (Å²) in [6.45, 7) is 4.48. The number of hydrogen-bond donors (Lipinski definition) is 3. The number of carboxylic acid groups (broad SMARTS) is 1. The zero-order valence-electron chi connectivity index (χ0n) is 12.6. The van der Waals surface area contributed by atoms with Gasteiger partial charge >= 0.3 is 12.0 Å². The molecule has 0 unspecified atom stereocenters. The van der Waals surface area contributed by atoms with Crippen molar-refractivity contribution in [1.29, 1.82) is 0 Å². The molecule has 0 radical (unpaired) electrons. The number of carboxylic acids is 1. The number of amides is 2. The van der Waals surface area contributed by atoms with E-state index in [1.807, 2.05) is 6.26 Å². The lowest BCUT2D eigenvalue weighted by Crippen LogP contribution is -2.50. The third kappa shape index (κ3) is 6.03. The normalized spacial score (nSPS) is 20.1. The van der Waals surface area contributed by atoms with Gasteiger partial charge in [0.05, 0.1) is 0 Å². The molecule has 0 aromatic heterocycles. The van der Waals surface area contributed by atoms with E-state index in [9.17, 15) is 9.59 Å². The minimum absolute atomic E-state index is 0.165. The van der Waals surface area contributed by atoms with Crippen molar-refractivity contribution in [2.45, 2.75) is 58.0 Å². The first-order chi connectivity index (χ1) is 9.34. The van der Waals surface area contributed by atoms with Crippen LogP contribution in [0.5, 0.6) is 0 Å². The van der Waals surface area contributed by atoms with Gasteiger partial charge in [-0.05, 0) is 49.5 Å². The summed E-state index contributed by atoms with van der Waals surface area (Å²) in [5, 5.41) is 14.5. The highest BCUT2D eigenvalue weighted by atomic mass is 32.2. The lowest BCUT2D eigenvalue weighted by atomic mass is 9.76. The second-order valence-corrected chi connectivity index (χ2v) is 7.21. The minimum atomic E-state index is -0.973. The SMILES string of the molecule is CSCC[C@H](NC(=O)NC1CCC(C)(C)CC1)C(=O)O. The van der Waals surface area contributed by atoms with Crippen molar-refractivity contribution in [3.05, 3.63) is 0 Å². The van der Waals surface area contributed by atoms with Gasteiger partial charge < -0.3 is 15.7 Å². The van der Waals surface area contributed by atoms with E-state index >= 15 is 0 Å². The van der Waals surface area contributed by atoms with Gasteiger partial charge in [0.15, 0.2) is 0 Å². The van der Waals surface area contributed by atoms with Crippen LogP contribution < -0.4 is 10.6 Å². The summed E-state index contributed by atoms with van der Waals surface area (Å²) in [4.78, 5) is 22.9. The van der Waals surface area contributed by atoms with Crippen LogP contribution in [0.4, 0.5) is 4.79 Å². The highest BCUT2D eigenvalue weighted by Crippen LogP contribution is 2.34. The Hall–Kier alpha value is -0.910. The van der Waals surface area contributed by atoms with Gasteiger partial charge in [-0.1, -0.05) is 13.8 Å². The Morgan fingerprint density at radius 1 is 1.35 bits per heavy atom. The van der Waals surface area contributed by atoms with E-state index in [1.165, 1.54) is 0 Å². The largest absolute Gasteiger partial charge is 0.480 e. The molecule has 1 saturated carbocycles. The lowest BCUT2D eigenvalue weighted by molar-refractivity contribution is -0.139. The van der Waals surface area contributed by atoms with Crippen LogP contribution in [0.15, 0.2) is 0 Å². The van der Waals surface area contributed by atoms with E-state index in [-0.39, 0.29) is 12.1 Å². The van der Waals surface area contributed by atoms with E-state index in [0.717, 1.165) is 31.4 Å². The Labute approximate surface area is 125 Å². The maximum atomic E-state index is 11.9. The number of carbonyl (C=O) groups is 2. The molecular weight excluding hydrogens is 276 g/mol. The van der Waals surface area contributed by atoms with Crippen LogP contribution in [0.2, 0.25) is 0 Å². The molecule has 0 saturated heterocycles. The van der Waals surface area contributed by atoms with Crippen LogP contribution in [0.25, 0.3) is 0 Å². The molecule has 0 spiro atoms. The third-order valence-electron chi connectivity index (χ3n) is 3.89. The zero-order chi connectivity index (χ0) is 15.2. The fourth-order valence-corrected chi connectivity index (χ4v) is 2.89. The van der Waals surface area contributed by atoms with Crippen LogP contribution in [0.1, 0.15) is 46.0 Å². The summed E-state index contributed by atoms with van der Waals surface area (Å²) in [5.41, 5.74) is 0.358. The van der Waals surface area contributed by atoms with E-state index in [1.54, 1.807) is 11.8 Å². The summed E-state index contributed by atoms with van der Waals surface area (Å²) < 4.78 is 0. The molecule has 0 aromatic carbocycles. The highest BCUT2D eigenvalue weighted by molar-refractivity contribution is 7.98. The first kappa shape index (κ1) is 17.1. The smallest absolute Gasteiger partial charge is 0.326 e. The Balaban J connectivity index is 2.36. The average Bonchev–Trinajstić information content (AvgIpc) is 2.36. The maximum Gasteiger partial charge on any atom is 0.326 e. The van der Waals surface area contributed by atoms with Gasteiger partial charge in [0, 0.05) is 6.04 Å². The van der Waals surface area contributed by atoms with Crippen molar-refractivity contribution in [3.63, 3.8) is 0 Å². The van der Waals surface area contributed by atoms with Crippen molar-refractivity contribution < 1.29 is 14.7 Å². The number of aliphatic carboxylic acids is 1. The van der Waals surface area contributed by atoms with E-state index in [0.29, 0.717) is 11.8 Å². The summed E-state index contributed by atoms with van der Waals surface area (Å²) in [6, 6.07) is -0.997. The Morgan fingerprint density at radius 3 is 2.45 bits per heavy atom. The lowest BCUT2D eigenvalue weighted by Gasteiger charge is -2.34. The molecule has 1 rings (SSSR count). The number of hydrogen-bond acceptors (Lipinski definition) is 3. The molecule has 0 heterocycles. The Kier molecular flexibility index (Phi) is 6.65. The summed E-state index contributed by atoms with van der Waals surface area (Å²) in [7, 11) is 0. The molecule has 1 atom stereocenters. The monoisotopic (exact) mass is 302 g/mol. The van der Waals surface area contributed by atoms with Crippen LogP contribution in [0.3, 0.4) is 0 Å². The van der Waals surface area contributed by atoms with Gasteiger partial charge in [0.25, 0.3) is 0 Å². The fraction of sp³-hybridized carbons (Fsp3) is 0.857. The average molecular weight is 302 g/mol. The topological polar surface area (TPSA) is 78.4 Å². The van der Waals surface area contributed by atoms with Crippen LogP contribution >= 0.6 is 11.8 Å². The van der Waals surface area contributed by atoms with Crippen molar-refractivity contribution in [1.82, 2.24) is 10.6 Å². The molecule has 0 aromatic rings. The maximum absolute atomic E-state index is 11.9. The molecule has 1 aliphatic rings. The molecule has 6 heteroatoms. The summed E-state index contributed by atoms with van der Waals surface area (Å²) in [5.74, 6) is -0.256. The third-order valence-corrected chi connectivity index (χ3v) is 4.53. The van der Waals surface area contributed by atoms with Gasteiger partial charge in [-0.3, -0.25) is 0 Å². The van der Waals surface area contributed by atoms with Gasteiger partial charge in [0.1, 0.15) is 6.04 Å². The second-order valence-electron chi connectivity index (χ2n) is 6.23. The van der Waals surface area contributed by atoms with Gasteiger partial charge in [-0.25, -0.2) is 9.59 Å². The highest BCUT2D eigenvalue weighted by Gasteiger charge is 2.28. The minimum Gasteiger partial charge on any atom is -0.480 e. The predicted octanol–water partition coefficient (Wildman–Crippen LogP) is 2.46. The second kappa shape index (κ2) is 7.76. The van der Waals surface area contributed by atoms with Crippen LogP contribution in [-0.4, -0.2) is 41.2 Å². The van der Waals surface area contributed by atoms with Crippen molar-refractivity contribution in [3.8, 4) is 0 Å². The molecular formula is C14H26N2O3S. The number of carbonyl (C=O) groups excluding carboxylic acids is 1. The van der Waals surface area contributed by atoms with Gasteiger partial charge in [-0.2, -0.15) is 11.8 Å². The standard InChI is InChI=1S/C14H26N2O3S/c1-14(2)7-4-10(5-8-14)15-13(19)16-11(12(17)18)6-9-20-3/h10-11H,4-9H2,1-3H3,(H,17,18)(H2,15,16,19)/t11-/m0/s1. The van der Waals surface area contributed by atoms with E-state index < -0.39 is 12.0 Å².